The number of anilines is 1. The van der Waals surface area contributed by atoms with E-state index in [0.717, 1.165) is 6.07 Å². The van der Waals surface area contributed by atoms with E-state index in [9.17, 15) is 8.78 Å². The molecule has 0 saturated carbocycles. The Morgan fingerprint density at radius 3 is 2.40 bits per heavy atom. The van der Waals surface area contributed by atoms with Gasteiger partial charge < -0.3 is 5.32 Å². The number of rotatable bonds is 3. The van der Waals surface area contributed by atoms with Gasteiger partial charge in [-0.3, -0.25) is 0 Å². The van der Waals surface area contributed by atoms with Gasteiger partial charge in [-0.2, -0.15) is 10.5 Å². The largest absolute Gasteiger partial charge is 0.379 e. The minimum Gasteiger partial charge on any atom is -0.379 e. The highest BCUT2D eigenvalue weighted by atomic mass is 19.1. The summed E-state index contributed by atoms with van der Waals surface area (Å²) in [5, 5.41) is 20.2. The molecule has 0 bridgehead atoms. The summed E-state index contributed by atoms with van der Waals surface area (Å²) < 4.78 is 26.8. The predicted octanol–water partition coefficient (Wildman–Crippen LogP) is 3.32. The molecule has 0 amide bonds. The van der Waals surface area contributed by atoms with Gasteiger partial charge in [-0.1, -0.05) is 6.07 Å². The molecule has 0 atom stereocenters. The van der Waals surface area contributed by atoms with Crippen LogP contribution in [0.4, 0.5) is 14.5 Å². The Labute approximate surface area is 114 Å². The van der Waals surface area contributed by atoms with E-state index < -0.39 is 11.6 Å². The fourth-order valence-corrected chi connectivity index (χ4v) is 1.69. The van der Waals surface area contributed by atoms with Crippen molar-refractivity contribution in [3.63, 3.8) is 0 Å². The number of nitriles is 2. The van der Waals surface area contributed by atoms with Crippen molar-refractivity contribution in [2.24, 2.45) is 0 Å². The van der Waals surface area contributed by atoms with Gasteiger partial charge in [0.05, 0.1) is 22.9 Å². The zero-order chi connectivity index (χ0) is 14.5. The highest BCUT2D eigenvalue weighted by Crippen LogP contribution is 2.17. The second-order valence-electron chi connectivity index (χ2n) is 4.09. The molecule has 0 aliphatic heterocycles. The van der Waals surface area contributed by atoms with Crippen LogP contribution < -0.4 is 5.32 Å². The van der Waals surface area contributed by atoms with Crippen molar-refractivity contribution < 1.29 is 8.78 Å². The standard InChI is InChI=1S/C15H9F2N3/c16-13-3-1-11(5-12(13)8-19)9-20-15-4-2-10(7-18)6-14(15)17/h1-6,20H,9H2. The third kappa shape index (κ3) is 2.90. The summed E-state index contributed by atoms with van der Waals surface area (Å²) in [6.07, 6.45) is 0. The van der Waals surface area contributed by atoms with Crippen molar-refractivity contribution in [2.75, 3.05) is 5.32 Å². The predicted molar refractivity (Wildman–Crippen MR) is 69.6 cm³/mol. The maximum Gasteiger partial charge on any atom is 0.147 e. The first kappa shape index (κ1) is 13.5. The molecule has 0 fully saturated rings. The van der Waals surface area contributed by atoms with Crippen LogP contribution in [0.15, 0.2) is 36.4 Å². The number of nitrogens with one attached hydrogen (secondary N) is 1. The van der Waals surface area contributed by atoms with Crippen LogP contribution in [0.3, 0.4) is 0 Å². The van der Waals surface area contributed by atoms with E-state index in [0.29, 0.717) is 5.56 Å². The zero-order valence-corrected chi connectivity index (χ0v) is 10.3. The smallest absolute Gasteiger partial charge is 0.147 e. The molecule has 0 heterocycles. The van der Waals surface area contributed by atoms with Crippen molar-refractivity contribution in [3.05, 3.63) is 64.7 Å². The molecule has 3 nitrogen and oxygen atoms in total. The van der Waals surface area contributed by atoms with Gasteiger partial charge in [-0.15, -0.1) is 0 Å². The van der Waals surface area contributed by atoms with Gasteiger partial charge in [0.25, 0.3) is 0 Å². The molecule has 5 heteroatoms. The van der Waals surface area contributed by atoms with Crippen molar-refractivity contribution in [1.82, 2.24) is 0 Å². The molecular formula is C15H9F2N3. The van der Waals surface area contributed by atoms with Crippen LogP contribution in [0.1, 0.15) is 16.7 Å². The van der Waals surface area contributed by atoms with Crippen LogP contribution in [-0.2, 0) is 6.54 Å². The van der Waals surface area contributed by atoms with Gasteiger partial charge >= 0.3 is 0 Å². The van der Waals surface area contributed by atoms with Crippen molar-refractivity contribution in [3.8, 4) is 12.1 Å². The van der Waals surface area contributed by atoms with Crippen LogP contribution in [-0.4, -0.2) is 0 Å². The Balaban J connectivity index is 2.13. The molecule has 1 N–H and O–H groups in total. The molecule has 0 radical (unpaired) electrons. The first-order valence-electron chi connectivity index (χ1n) is 5.76. The third-order valence-corrected chi connectivity index (χ3v) is 2.73. The average Bonchev–Trinajstić information content (AvgIpc) is 2.47. The molecule has 98 valence electrons. The highest BCUT2D eigenvalue weighted by molar-refractivity contribution is 5.49. The lowest BCUT2D eigenvalue weighted by atomic mass is 10.1. The Kier molecular flexibility index (Phi) is 3.93. The summed E-state index contributed by atoms with van der Waals surface area (Å²) in [6.45, 7) is 0.248. The SMILES string of the molecule is N#Cc1ccc(NCc2ccc(F)c(C#N)c2)c(F)c1. The number of halogens is 2. The van der Waals surface area contributed by atoms with Crippen LogP contribution in [0.25, 0.3) is 0 Å². The summed E-state index contributed by atoms with van der Waals surface area (Å²) in [5.41, 5.74) is 1.09. The maximum absolute atomic E-state index is 13.6. The third-order valence-electron chi connectivity index (χ3n) is 2.73. The topological polar surface area (TPSA) is 59.6 Å². The van der Waals surface area contributed by atoms with E-state index in [1.807, 2.05) is 6.07 Å². The molecule has 0 unspecified atom stereocenters. The molecule has 0 aliphatic carbocycles. The van der Waals surface area contributed by atoms with Crippen LogP contribution >= 0.6 is 0 Å². The molecule has 2 rings (SSSR count). The van der Waals surface area contributed by atoms with E-state index in [2.05, 4.69) is 5.32 Å². The Hall–Kier alpha value is -2.92. The monoisotopic (exact) mass is 269 g/mol. The molecule has 0 spiro atoms. The molecule has 0 saturated heterocycles. The molecule has 2 aromatic rings. The Morgan fingerprint density at radius 1 is 0.950 bits per heavy atom. The fraction of sp³-hybridized carbons (Fsp3) is 0.0667. The molecule has 2 aromatic carbocycles. The lowest BCUT2D eigenvalue weighted by molar-refractivity contribution is 0.622. The Morgan fingerprint density at radius 2 is 1.75 bits per heavy atom. The summed E-state index contributed by atoms with van der Waals surface area (Å²) in [6, 6.07) is 11.8. The zero-order valence-electron chi connectivity index (χ0n) is 10.3. The molecule has 0 aliphatic rings. The minimum atomic E-state index is -0.583. The fourth-order valence-electron chi connectivity index (χ4n) is 1.69. The van der Waals surface area contributed by atoms with Gasteiger partial charge in [0.1, 0.15) is 17.7 Å². The number of hydrogen-bond donors (Lipinski definition) is 1. The average molecular weight is 269 g/mol. The number of hydrogen-bond acceptors (Lipinski definition) is 3. The lowest BCUT2D eigenvalue weighted by Gasteiger charge is -2.08. The van der Waals surface area contributed by atoms with E-state index >= 15 is 0 Å². The summed E-state index contributed by atoms with van der Waals surface area (Å²) >= 11 is 0. The minimum absolute atomic E-state index is 0.0513. The molecule has 20 heavy (non-hydrogen) atoms. The normalized spacial score (nSPS) is 9.60. The van der Waals surface area contributed by atoms with Gasteiger partial charge in [0.15, 0.2) is 0 Å². The van der Waals surface area contributed by atoms with Gasteiger partial charge in [-0.25, -0.2) is 8.78 Å². The van der Waals surface area contributed by atoms with E-state index in [-0.39, 0.29) is 23.4 Å². The van der Waals surface area contributed by atoms with E-state index in [1.165, 1.54) is 30.3 Å². The summed E-state index contributed by atoms with van der Waals surface area (Å²) in [7, 11) is 0. The summed E-state index contributed by atoms with van der Waals surface area (Å²) in [5.74, 6) is -1.12. The molecular weight excluding hydrogens is 260 g/mol. The first-order chi connectivity index (χ1) is 9.63. The van der Waals surface area contributed by atoms with E-state index in [4.69, 9.17) is 10.5 Å². The van der Waals surface area contributed by atoms with Crippen molar-refractivity contribution in [2.45, 2.75) is 6.54 Å². The second kappa shape index (κ2) is 5.81. The lowest BCUT2D eigenvalue weighted by Crippen LogP contribution is -2.02. The number of benzene rings is 2. The van der Waals surface area contributed by atoms with Crippen LogP contribution in [0.2, 0.25) is 0 Å². The second-order valence-corrected chi connectivity index (χ2v) is 4.09. The first-order valence-corrected chi connectivity index (χ1v) is 5.76. The van der Waals surface area contributed by atoms with Crippen LogP contribution in [0.5, 0.6) is 0 Å². The quantitative estimate of drug-likeness (QED) is 0.929. The van der Waals surface area contributed by atoms with Crippen molar-refractivity contribution in [1.29, 1.82) is 10.5 Å². The summed E-state index contributed by atoms with van der Waals surface area (Å²) in [4.78, 5) is 0. The highest BCUT2D eigenvalue weighted by Gasteiger charge is 2.05. The van der Waals surface area contributed by atoms with Gasteiger partial charge in [0, 0.05) is 6.54 Å². The maximum atomic E-state index is 13.6. The Bertz CT molecular complexity index is 727. The number of nitrogens with zero attached hydrogens (tertiary/aromatic N) is 2. The van der Waals surface area contributed by atoms with Crippen molar-refractivity contribution >= 4 is 5.69 Å². The molecule has 0 aromatic heterocycles. The van der Waals surface area contributed by atoms with Crippen LogP contribution in [0, 0.1) is 34.3 Å². The van der Waals surface area contributed by atoms with Gasteiger partial charge in [0.2, 0.25) is 0 Å². The van der Waals surface area contributed by atoms with Gasteiger partial charge in [-0.05, 0) is 35.9 Å². The van der Waals surface area contributed by atoms with E-state index in [1.54, 1.807) is 6.07 Å².